The van der Waals surface area contributed by atoms with Crippen LogP contribution in [0.4, 0.5) is 0 Å². The average molecular weight is 1520 g/mol. The van der Waals surface area contributed by atoms with Crippen molar-refractivity contribution in [1.82, 2.24) is 0 Å². The molecule has 0 spiro atoms. The Bertz CT molecular complexity index is 5510. The Morgan fingerprint density at radius 3 is 1.14 bits per heavy atom. The fourth-order valence-electron chi connectivity index (χ4n) is 12.1. The standard InChI is InChI=1S/C28H25NO5.C26H21NO5.C21H17BrO5.C7H10BNO2.ClH.Li.H2O/c1-2-31-25(30)15-22-7-6-20-8-10-33-27(20)28(22)34-17-19-13-23-9-11-32-26(23)24(14-19)21-5-3-4-18(12-21)16-29;27-14-16-2-1-3-19(10-16)22-12-17(11-21-7-9-30-24(21)22)15-32-26-20(13-23(28)29)5-4-18-6-8-31-25(18)26;1-2-24-18(23)11-15-4-3-14-5-7-26-20(14)21(15)27-12-13-9-16-6-8-25-19(16)17(22)10-13;9-5-6-2-1-3-7(4-6)8(10)11;;;/h3-14H,2,15-17,29H2,1H3;1-12H,13-15,27H2,(H,28,29);3-10H,2,11-12H2,1H3;1-4,10-11H,5,9H2;1H;;1H2/q;;;;;+1;/p-1. The first-order valence-electron chi connectivity index (χ1n) is 33.5. The van der Waals surface area contributed by atoms with Crippen LogP contribution >= 0.6 is 28.3 Å². The van der Waals surface area contributed by atoms with Crippen molar-refractivity contribution in [1.29, 1.82) is 0 Å². The normalized spacial score (nSPS) is 10.8. The predicted octanol–water partition coefficient (Wildman–Crippen LogP) is 13.2. The predicted molar refractivity (Wildman–Crippen MR) is 410 cm³/mol. The van der Waals surface area contributed by atoms with Crippen molar-refractivity contribution in [2.24, 2.45) is 17.2 Å². The molecule has 0 aliphatic heterocycles. The Balaban J connectivity index is 0.000000171. The molecule has 21 nitrogen and oxygen atoms in total. The largest absolute Gasteiger partial charge is 1.00 e. The third-order valence-corrected chi connectivity index (χ3v) is 17.6. The Morgan fingerprint density at radius 1 is 0.411 bits per heavy atom. The number of carbonyl (C=O) groups is 3. The zero-order chi connectivity index (χ0) is 72.6. The van der Waals surface area contributed by atoms with E-state index in [1.807, 2.05) is 140 Å². The van der Waals surface area contributed by atoms with Gasteiger partial charge in [-0.05, 0) is 165 Å². The fourth-order valence-corrected chi connectivity index (χ4v) is 12.7. The number of hydrogen-bond acceptors (Lipinski definition) is 20. The molecule has 0 atom stereocenters. The van der Waals surface area contributed by atoms with Crippen LogP contribution in [-0.4, -0.2) is 58.9 Å². The van der Waals surface area contributed by atoms with Crippen molar-refractivity contribution in [3.8, 4) is 39.5 Å². The van der Waals surface area contributed by atoms with Gasteiger partial charge in [-0.3, -0.25) is 14.4 Å². The van der Waals surface area contributed by atoms with Crippen LogP contribution in [0, 0.1) is 0 Å². The fraction of sp³-hybridized carbons (Fsp3) is 0.159. The summed E-state index contributed by atoms with van der Waals surface area (Å²) < 4.78 is 63.5. The summed E-state index contributed by atoms with van der Waals surface area (Å²) in [4.78, 5) is 35.4. The maximum Gasteiger partial charge on any atom is 1.00 e. The molecule has 544 valence electrons. The number of halogens is 2. The quantitative estimate of drug-likeness (QED) is 0.0256. The summed E-state index contributed by atoms with van der Waals surface area (Å²) in [5.41, 5.74) is 33.5. The number of furan rings is 6. The molecule has 6 heterocycles. The van der Waals surface area contributed by atoms with Gasteiger partial charge in [0.25, 0.3) is 0 Å². The van der Waals surface area contributed by atoms with E-state index in [1.54, 1.807) is 75.7 Å². The third kappa shape index (κ3) is 19.6. The minimum Gasteiger partial charge on any atom is -0.870 e. The van der Waals surface area contributed by atoms with E-state index < -0.39 is 13.1 Å². The van der Waals surface area contributed by atoms with Gasteiger partial charge < -0.3 is 88.0 Å². The second-order valence-corrected chi connectivity index (χ2v) is 24.9. The number of fused-ring (bicyclic) bond motifs is 6. The van der Waals surface area contributed by atoms with E-state index >= 15 is 0 Å². The summed E-state index contributed by atoms with van der Waals surface area (Å²) >= 11 is 3.52. The second-order valence-electron chi connectivity index (χ2n) is 24.1. The summed E-state index contributed by atoms with van der Waals surface area (Å²) in [6, 6.07) is 57.7. The van der Waals surface area contributed by atoms with Crippen molar-refractivity contribution in [3.63, 3.8) is 0 Å². The number of benzene rings is 9. The minimum atomic E-state index is -1.40. The zero-order valence-corrected chi connectivity index (χ0v) is 61.1. The van der Waals surface area contributed by atoms with Crippen molar-refractivity contribution in [2.75, 3.05) is 13.2 Å². The number of aliphatic carboxylic acids is 1. The topological polar surface area (TPSA) is 345 Å². The molecule has 0 saturated heterocycles. The molecule has 0 saturated carbocycles. The number of esters is 2. The molecule has 9 aromatic carbocycles. The van der Waals surface area contributed by atoms with Crippen LogP contribution in [0.2, 0.25) is 0 Å². The van der Waals surface area contributed by atoms with Gasteiger partial charge in [-0.15, -0.1) is 12.4 Å². The van der Waals surface area contributed by atoms with Crippen LogP contribution < -0.4 is 55.7 Å². The van der Waals surface area contributed by atoms with E-state index in [4.69, 9.17) is 77.4 Å². The molecular weight excluding hydrogens is 1450 g/mol. The molecule has 25 heteroatoms. The molecule has 0 unspecified atom stereocenters. The molecule has 107 heavy (non-hydrogen) atoms. The SMILES string of the molecule is CCOC(=O)Cc1ccc2ccoc2c1OCc1cc(-c2cccc(CN)c2)c2occc2c1.CCOC(=O)Cc1ccc2ccoc2c1OCc1cc(Br)c2occc2c1.Cl.NCc1cccc(-c2cc(COc3c(CC(=O)O)ccc4ccoc34)cc3ccoc23)c1.NCc1cccc(B(O)O)c1.[Li+].[OH-]. The van der Waals surface area contributed by atoms with Crippen molar-refractivity contribution < 1.29 is 104 Å². The summed E-state index contributed by atoms with van der Waals surface area (Å²) in [6.45, 7) is 6.46. The van der Waals surface area contributed by atoms with E-state index in [9.17, 15) is 19.5 Å². The molecule has 0 fully saturated rings. The monoisotopic (exact) mass is 1520 g/mol. The number of nitrogens with two attached hydrogens (primary N) is 3. The minimum absolute atomic E-state index is 0. The van der Waals surface area contributed by atoms with Gasteiger partial charge >= 0.3 is 43.9 Å². The van der Waals surface area contributed by atoms with Gasteiger partial charge in [0.2, 0.25) is 0 Å². The molecular formula is C82H75BBrClLiN3O18. The number of carboxylic acid groups (broad SMARTS) is 1. The first-order valence-corrected chi connectivity index (χ1v) is 34.2. The molecule has 0 aliphatic rings. The molecule has 0 bridgehead atoms. The van der Waals surface area contributed by atoms with E-state index in [2.05, 4.69) is 34.1 Å². The van der Waals surface area contributed by atoms with Crippen molar-refractivity contribution in [3.05, 3.63) is 274 Å². The summed E-state index contributed by atoms with van der Waals surface area (Å²) in [5.74, 6) is 0.0379. The van der Waals surface area contributed by atoms with Crippen molar-refractivity contribution >= 4 is 125 Å². The number of carbonyl (C=O) groups excluding carboxylic acids is 2. The molecule has 10 N–H and O–H groups in total. The third-order valence-electron chi connectivity index (χ3n) is 17.0. The number of rotatable bonds is 23. The van der Waals surface area contributed by atoms with E-state index in [0.717, 1.165) is 120 Å². The first-order chi connectivity index (χ1) is 50.7. The summed E-state index contributed by atoms with van der Waals surface area (Å²) in [6.07, 6.45) is 9.90. The summed E-state index contributed by atoms with van der Waals surface area (Å²) in [5, 5.41) is 32.4. The molecule has 6 aromatic heterocycles. The number of carboxylic acids is 1. The smallest absolute Gasteiger partial charge is 0.870 e. The van der Waals surface area contributed by atoms with E-state index in [-0.39, 0.29) is 74.6 Å². The van der Waals surface area contributed by atoms with Gasteiger partial charge in [0.1, 0.15) is 36.6 Å². The van der Waals surface area contributed by atoms with Gasteiger partial charge in [-0.25, -0.2) is 0 Å². The van der Waals surface area contributed by atoms with Gasteiger partial charge in [-0.1, -0.05) is 97.1 Å². The van der Waals surface area contributed by atoms with Crippen LogP contribution in [0.25, 0.3) is 88.1 Å². The maximum absolute atomic E-state index is 12.2. The van der Waals surface area contributed by atoms with Gasteiger partial charge in [0.05, 0.1) is 74.5 Å². The molecule has 0 amide bonds. The van der Waals surface area contributed by atoms with Crippen LogP contribution in [-0.2, 0) is 82.6 Å². The Labute approximate surface area is 641 Å². The molecule has 15 rings (SSSR count). The number of hydrogen-bond donors (Lipinski definition) is 6. The first kappa shape index (κ1) is 80.3. The number of ether oxygens (including phenoxy) is 5. The zero-order valence-electron chi connectivity index (χ0n) is 58.7. The Morgan fingerprint density at radius 2 is 0.757 bits per heavy atom. The van der Waals surface area contributed by atoms with Crippen molar-refractivity contribution in [2.45, 2.75) is 72.6 Å². The van der Waals surface area contributed by atoms with Gasteiger partial charge in [0.15, 0.2) is 34.0 Å². The molecule has 15 aromatic rings. The van der Waals surface area contributed by atoms with E-state index in [1.165, 1.54) is 0 Å². The average Bonchev–Trinajstić information content (AvgIpc) is 1.76. The van der Waals surface area contributed by atoms with Crippen LogP contribution in [0.1, 0.15) is 63.9 Å². The van der Waals surface area contributed by atoms with Gasteiger partial charge in [0, 0.05) is 79.8 Å². The van der Waals surface area contributed by atoms with Crippen LogP contribution in [0.5, 0.6) is 17.2 Å². The Kier molecular flexibility index (Phi) is 28.5. The molecule has 0 radical (unpaired) electrons. The summed E-state index contributed by atoms with van der Waals surface area (Å²) in [7, 11) is -1.40. The molecule has 0 aliphatic carbocycles. The maximum atomic E-state index is 12.2. The van der Waals surface area contributed by atoms with Crippen LogP contribution in [0.15, 0.2) is 251 Å². The second kappa shape index (κ2) is 38.0. The Hall–Kier alpha value is -10.8. The van der Waals surface area contributed by atoms with E-state index in [0.29, 0.717) is 91.1 Å². The van der Waals surface area contributed by atoms with Gasteiger partial charge in [-0.2, -0.15) is 0 Å². The van der Waals surface area contributed by atoms with Crippen LogP contribution in [0.3, 0.4) is 0 Å².